The third-order valence-electron chi connectivity index (χ3n) is 7.73. The molecule has 5 N–H and O–H groups in total. The van der Waals surface area contributed by atoms with E-state index in [0.29, 0.717) is 36.1 Å². The fourth-order valence-corrected chi connectivity index (χ4v) is 5.51. The van der Waals surface area contributed by atoms with Gasteiger partial charge in [0.1, 0.15) is 11.9 Å². The molecule has 0 radical (unpaired) electrons. The van der Waals surface area contributed by atoms with Gasteiger partial charge >= 0.3 is 0 Å². The number of ether oxygens (including phenoxy) is 1. The highest BCUT2D eigenvalue weighted by atomic mass is 19.1. The second-order valence-electron chi connectivity index (χ2n) is 10.1. The molecule has 13 heteroatoms. The highest BCUT2D eigenvalue weighted by Crippen LogP contribution is 2.29. The van der Waals surface area contributed by atoms with Crippen molar-refractivity contribution in [3.8, 4) is 11.1 Å². The lowest BCUT2D eigenvalue weighted by atomic mass is 10.0. The number of piperazine rings is 1. The molecule has 0 bridgehead atoms. The van der Waals surface area contributed by atoms with E-state index in [-0.39, 0.29) is 24.9 Å². The molecule has 0 spiro atoms. The summed E-state index contributed by atoms with van der Waals surface area (Å²) in [6, 6.07) is 5.79. The van der Waals surface area contributed by atoms with E-state index in [1.165, 1.54) is 0 Å². The molecule has 0 aliphatic carbocycles. The zero-order valence-corrected chi connectivity index (χ0v) is 20.9. The Morgan fingerprint density at radius 1 is 1.13 bits per heavy atom. The number of hydrazine groups is 1. The molecule has 12 nitrogen and oxygen atoms in total. The van der Waals surface area contributed by atoms with Gasteiger partial charge in [0.15, 0.2) is 0 Å². The van der Waals surface area contributed by atoms with Crippen molar-refractivity contribution in [2.75, 3.05) is 57.8 Å². The summed E-state index contributed by atoms with van der Waals surface area (Å²) >= 11 is 0. The zero-order chi connectivity index (χ0) is 26.2. The molecule has 6 rings (SSSR count). The molecule has 4 aliphatic heterocycles. The van der Waals surface area contributed by atoms with Crippen LogP contribution in [-0.4, -0.2) is 114 Å². The number of hydrogen-bond acceptors (Lipinski definition) is 10. The summed E-state index contributed by atoms with van der Waals surface area (Å²) in [5, 5.41) is 7.65. The van der Waals surface area contributed by atoms with E-state index < -0.39 is 24.4 Å². The number of carbonyl (C=O) groups is 2. The van der Waals surface area contributed by atoms with Crippen molar-refractivity contribution in [2.45, 2.75) is 24.5 Å². The highest BCUT2D eigenvalue weighted by molar-refractivity contribution is 5.97. The molecule has 2 amide bonds. The lowest BCUT2D eigenvalue weighted by Gasteiger charge is -2.42. The summed E-state index contributed by atoms with van der Waals surface area (Å²) in [7, 11) is 0. The van der Waals surface area contributed by atoms with Gasteiger partial charge in [-0.3, -0.25) is 29.8 Å². The SMILES string of the molecule is NC1NN2CC(F)CNC2C1C(=O)Nc1cnccc1-c1ccc(C(=O)N2CCN(C3COC3)CC2)nc1. The summed E-state index contributed by atoms with van der Waals surface area (Å²) in [6.45, 7) is 4.87. The minimum Gasteiger partial charge on any atom is -0.378 e. The highest BCUT2D eigenvalue weighted by Gasteiger charge is 2.47. The number of nitrogens with zero attached hydrogens (tertiary/aromatic N) is 5. The average Bonchev–Trinajstić information content (AvgIpc) is 3.23. The molecule has 4 atom stereocenters. The predicted molar refractivity (Wildman–Crippen MR) is 136 cm³/mol. The van der Waals surface area contributed by atoms with Crippen LogP contribution in [-0.2, 0) is 9.53 Å². The molecule has 0 saturated carbocycles. The normalized spacial score (nSPS) is 28.5. The van der Waals surface area contributed by atoms with Crippen molar-refractivity contribution in [3.63, 3.8) is 0 Å². The first-order chi connectivity index (χ1) is 18.5. The van der Waals surface area contributed by atoms with Crippen molar-refractivity contribution < 1.29 is 18.7 Å². The molecule has 38 heavy (non-hydrogen) atoms. The van der Waals surface area contributed by atoms with Crippen molar-refractivity contribution in [2.24, 2.45) is 11.7 Å². The van der Waals surface area contributed by atoms with E-state index in [2.05, 4.69) is 30.9 Å². The Hall–Kier alpha value is -3.07. The Labute approximate surface area is 219 Å². The second kappa shape index (κ2) is 10.6. The largest absolute Gasteiger partial charge is 0.378 e. The van der Waals surface area contributed by atoms with Gasteiger partial charge in [0.25, 0.3) is 5.91 Å². The van der Waals surface area contributed by atoms with Crippen LogP contribution in [0.3, 0.4) is 0 Å². The second-order valence-corrected chi connectivity index (χ2v) is 10.1. The van der Waals surface area contributed by atoms with Crippen LogP contribution in [0.1, 0.15) is 10.5 Å². The zero-order valence-electron chi connectivity index (χ0n) is 20.9. The molecule has 202 valence electrons. The topological polar surface area (TPSA) is 141 Å². The molecule has 2 aromatic rings. The van der Waals surface area contributed by atoms with Crippen molar-refractivity contribution in [3.05, 3.63) is 42.5 Å². The van der Waals surface area contributed by atoms with E-state index >= 15 is 0 Å². The van der Waals surface area contributed by atoms with Gasteiger partial charge in [0, 0.05) is 62.8 Å². The van der Waals surface area contributed by atoms with Gasteiger partial charge < -0.3 is 20.7 Å². The first-order valence-electron chi connectivity index (χ1n) is 13.0. The number of anilines is 1. The Morgan fingerprint density at radius 2 is 1.95 bits per heavy atom. The quantitative estimate of drug-likeness (QED) is 0.393. The summed E-state index contributed by atoms with van der Waals surface area (Å²) in [4.78, 5) is 39.1. The molecule has 4 unspecified atom stereocenters. The molecular weight excluding hydrogens is 493 g/mol. The van der Waals surface area contributed by atoms with Crippen molar-refractivity contribution in [1.82, 2.24) is 35.5 Å². The number of carbonyl (C=O) groups excluding carboxylic acids is 2. The number of nitrogens with one attached hydrogen (secondary N) is 3. The number of fused-ring (bicyclic) bond motifs is 1. The van der Waals surface area contributed by atoms with Gasteiger partial charge in [-0.15, -0.1) is 0 Å². The smallest absolute Gasteiger partial charge is 0.272 e. The van der Waals surface area contributed by atoms with Crippen LogP contribution in [0.2, 0.25) is 0 Å². The first kappa shape index (κ1) is 25.2. The summed E-state index contributed by atoms with van der Waals surface area (Å²) < 4.78 is 19.1. The molecule has 4 aliphatic rings. The minimum atomic E-state index is -1.04. The van der Waals surface area contributed by atoms with Crippen LogP contribution in [0, 0.1) is 5.92 Å². The molecule has 4 fully saturated rings. The van der Waals surface area contributed by atoms with Crippen LogP contribution < -0.4 is 21.8 Å². The predicted octanol–water partition coefficient (Wildman–Crippen LogP) is -0.773. The fourth-order valence-electron chi connectivity index (χ4n) is 5.51. The molecule has 0 aromatic carbocycles. The number of amides is 2. The third kappa shape index (κ3) is 4.88. The van der Waals surface area contributed by atoms with Crippen LogP contribution in [0.5, 0.6) is 0 Å². The summed E-state index contributed by atoms with van der Waals surface area (Å²) in [5.41, 5.74) is 11.5. The Kier molecular flexibility index (Phi) is 7.03. The Bertz CT molecular complexity index is 1170. The number of rotatable bonds is 5. The van der Waals surface area contributed by atoms with Gasteiger partial charge in [-0.05, 0) is 12.1 Å². The number of aromatic nitrogens is 2. The van der Waals surface area contributed by atoms with Gasteiger partial charge in [-0.25, -0.2) is 14.8 Å². The number of pyridine rings is 2. The standard InChI is InChI=1S/C25H32FN9O3/c26-16-10-30-23-21(22(27)32-35(23)12-16)24(36)31-20-11-28-4-3-18(20)15-1-2-19(29-9-15)25(37)34-7-5-33(6-8-34)17-13-38-14-17/h1-4,9,11,16-17,21-23,30,32H,5-8,10,12-14,27H2,(H,31,36). The molecule has 6 heterocycles. The van der Waals surface area contributed by atoms with Gasteiger partial charge in [-0.2, -0.15) is 0 Å². The van der Waals surface area contributed by atoms with Gasteiger partial charge in [0.2, 0.25) is 5.91 Å². The summed E-state index contributed by atoms with van der Waals surface area (Å²) in [6.07, 6.45) is 2.73. The number of halogens is 1. The van der Waals surface area contributed by atoms with Crippen LogP contribution in [0.25, 0.3) is 11.1 Å². The Balaban J connectivity index is 1.12. The fraction of sp³-hybridized carbons (Fsp3) is 0.520. The maximum absolute atomic E-state index is 13.8. The maximum atomic E-state index is 13.8. The van der Waals surface area contributed by atoms with Crippen LogP contribution in [0.15, 0.2) is 36.8 Å². The first-order valence-corrected chi connectivity index (χ1v) is 13.0. The van der Waals surface area contributed by atoms with Crippen molar-refractivity contribution in [1.29, 1.82) is 0 Å². The van der Waals surface area contributed by atoms with E-state index in [0.717, 1.165) is 31.9 Å². The third-order valence-corrected chi connectivity index (χ3v) is 7.73. The van der Waals surface area contributed by atoms with E-state index in [1.54, 1.807) is 35.7 Å². The number of hydrogen-bond donors (Lipinski definition) is 4. The molecule has 2 aromatic heterocycles. The lowest BCUT2D eigenvalue weighted by molar-refractivity contribution is -0.121. The lowest BCUT2D eigenvalue weighted by Crippen LogP contribution is -2.58. The Morgan fingerprint density at radius 3 is 2.66 bits per heavy atom. The van der Waals surface area contributed by atoms with E-state index in [9.17, 15) is 14.0 Å². The minimum absolute atomic E-state index is 0.0907. The maximum Gasteiger partial charge on any atom is 0.272 e. The van der Waals surface area contributed by atoms with Gasteiger partial charge in [0.05, 0.1) is 49.4 Å². The average molecular weight is 526 g/mol. The molecule has 4 saturated heterocycles. The number of alkyl halides is 1. The van der Waals surface area contributed by atoms with Crippen LogP contribution in [0.4, 0.5) is 10.1 Å². The van der Waals surface area contributed by atoms with E-state index in [4.69, 9.17) is 10.5 Å². The molecular formula is C25H32FN9O3. The summed E-state index contributed by atoms with van der Waals surface area (Å²) in [5.74, 6) is -1.03. The van der Waals surface area contributed by atoms with E-state index in [1.807, 2.05) is 11.0 Å². The van der Waals surface area contributed by atoms with Crippen molar-refractivity contribution >= 4 is 17.5 Å². The van der Waals surface area contributed by atoms with Gasteiger partial charge in [-0.1, -0.05) is 6.07 Å². The number of nitrogens with two attached hydrogens (primary N) is 1. The monoisotopic (exact) mass is 525 g/mol. The van der Waals surface area contributed by atoms with Crippen LogP contribution >= 0.6 is 0 Å².